The largest absolute Gasteiger partial charge is 0.493 e. The van der Waals surface area contributed by atoms with Gasteiger partial charge in [0.1, 0.15) is 5.82 Å². The lowest BCUT2D eigenvalue weighted by Gasteiger charge is -2.14. The summed E-state index contributed by atoms with van der Waals surface area (Å²) in [6.07, 6.45) is 2.69. The van der Waals surface area contributed by atoms with Gasteiger partial charge in [0.25, 0.3) is 0 Å². The molecule has 0 fully saturated rings. The Balaban J connectivity index is 1.72. The lowest BCUT2D eigenvalue weighted by Crippen LogP contribution is -2.06. The maximum absolute atomic E-state index is 5.36. The number of aromatic nitrogens is 2. The summed E-state index contributed by atoms with van der Waals surface area (Å²) in [5, 5.41) is 6.70. The highest BCUT2D eigenvalue weighted by Crippen LogP contribution is 2.28. The molecule has 1 aromatic heterocycles. The first-order chi connectivity index (χ1) is 13.6. The normalized spacial score (nSPS) is 10.4. The van der Waals surface area contributed by atoms with Crippen molar-refractivity contribution < 1.29 is 9.47 Å². The van der Waals surface area contributed by atoms with E-state index in [0.29, 0.717) is 24.0 Å². The van der Waals surface area contributed by atoms with Crippen LogP contribution < -0.4 is 20.1 Å². The van der Waals surface area contributed by atoms with E-state index in [9.17, 15) is 0 Å². The summed E-state index contributed by atoms with van der Waals surface area (Å²) >= 11 is 0. The summed E-state index contributed by atoms with van der Waals surface area (Å²) in [5.41, 5.74) is 4.55. The molecule has 0 atom stereocenters. The Morgan fingerprint density at radius 1 is 1.00 bits per heavy atom. The average molecular weight is 378 g/mol. The van der Waals surface area contributed by atoms with E-state index in [1.54, 1.807) is 20.4 Å². The van der Waals surface area contributed by atoms with Gasteiger partial charge in [-0.25, -0.2) is 4.98 Å². The van der Waals surface area contributed by atoms with Crippen LogP contribution in [0.4, 0.5) is 17.5 Å². The molecule has 28 heavy (non-hydrogen) atoms. The smallest absolute Gasteiger partial charge is 0.229 e. The van der Waals surface area contributed by atoms with Gasteiger partial charge in [-0.05, 0) is 48.2 Å². The molecule has 6 nitrogen and oxygen atoms in total. The third-order valence-electron chi connectivity index (χ3n) is 4.55. The van der Waals surface area contributed by atoms with Gasteiger partial charge < -0.3 is 20.1 Å². The molecule has 0 saturated carbocycles. The van der Waals surface area contributed by atoms with Crippen molar-refractivity contribution in [2.75, 3.05) is 24.9 Å². The summed E-state index contributed by atoms with van der Waals surface area (Å²) in [4.78, 5) is 8.94. The first-order valence-corrected chi connectivity index (χ1v) is 9.28. The summed E-state index contributed by atoms with van der Waals surface area (Å²) in [7, 11) is 3.26. The fourth-order valence-corrected chi connectivity index (χ4v) is 3.01. The number of benzene rings is 2. The minimum absolute atomic E-state index is 0.571. The van der Waals surface area contributed by atoms with Crippen LogP contribution in [-0.2, 0) is 13.0 Å². The van der Waals surface area contributed by atoms with Gasteiger partial charge in [-0.15, -0.1) is 0 Å². The van der Waals surface area contributed by atoms with E-state index < -0.39 is 0 Å². The maximum atomic E-state index is 5.36. The number of hydrogen-bond donors (Lipinski definition) is 2. The SMILES string of the molecule is CCc1cccc(C)c1Nc1nccc(NCc2ccc(OC)c(OC)c2)n1. The van der Waals surface area contributed by atoms with Crippen LogP contribution in [0.25, 0.3) is 0 Å². The Hall–Kier alpha value is -3.28. The lowest BCUT2D eigenvalue weighted by atomic mass is 10.1. The second kappa shape index (κ2) is 9.08. The molecule has 146 valence electrons. The predicted molar refractivity (Wildman–Crippen MR) is 113 cm³/mol. The van der Waals surface area contributed by atoms with Crippen molar-refractivity contribution in [3.8, 4) is 11.5 Å². The number of methoxy groups -OCH3 is 2. The molecule has 0 amide bonds. The predicted octanol–water partition coefficient (Wildman–Crippen LogP) is 4.72. The van der Waals surface area contributed by atoms with Gasteiger partial charge >= 0.3 is 0 Å². The highest BCUT2D eigenvalue weighted by molar-refractivity contribution is 5.63. The Kier molecular flexibility index (Phi) is 6.32. The standard InChI is InChI=1S/C22H26N4O2/c1-5-17-8-6-7-15(2)21(17)26-22-23-12-11-20(25-22)24-14-16-9-10-18(27-3)19(13-16)28-4/h6-13H,5,14H2,1-4H3,(H2,23,24,25,26). The van der Waals surface area contributed by atoms with Crippen molar-refractivity contribution in [2.45, 2.75) is 26.8 Å². The molecule has 6 heteroatoms. The number of anilines is 3. The molecular formula is C22H26N4O2. The van der Waals surface area contributed by atoms with Crippen molar-refractivity contribution in [3.63, 3.8) is 0 Å². The third kappa shape index (κ3) is 4.52. The zero-order valence-electron chi connectivity index (χ0n) is 16.7. The van der Waals surface area contributed by atoms with Crippen molar-refractivity contribution >= 4 is 17.5 Å². The number of aryl methyl sites for hydroxylation is 2. The second-order valence-electron chi connectivity index (χ2n) is 6.40. The summed E-state index contributed by atoms with van der Waals surface area (Å²) < 4.78 is 10.6. The highest BCUT2D eigenvalue weighted by atomic mass is 16.5. The Morgan fingerprint density at radius 2 is 1.82 bits per heavy atom. The molecule has 0 spiro atoms. The van der Waals surface area contributed by atoms with Crippen LogP contribution in [0.15, 0.2) is 48.7 Å². The summed E-state index contributed by atoms with van der Waals surface area (Å²) in [5.74, 6) is 2.74. The van der Waals surface area contributed by atoms with Gasteiger partial charge in [-0.1, -0.05) is 31.2 Å². The number of nitrogens with one attached hydrogen (secondary N) is 2. The fourth-order valence-electron chi connectivity index (χ4n) is 3.01. The molecule has 0 radical (unpaired) electrons. The molecule has 2 aromatic carbocycles. The quantitative estimate of drug-likeness (QED) is 0.591. The number of rotatable bonds is 8. The van der Waals surface area contributed by atoms with Crippen molar-refractivity contribution in [3.05, 3.63) is 65.4 Å². The van der Waals surface area contributed by atoms with Crippen LogP contribution >= 0.6 is 0 Å². The summed E-state index contributed by atoms with van der Waals surface area (Å²) in [6, 6.07) is 14.0. The number of para-hydroxylation sites is 1. The average Bonchev–Trinajstić information content (AvgIpc) is 2.73. The molecule has 0 bridgehead atoms. The van der Waals surface area contributed by atoms with E-state index in [1.807, 2.05) is 24.3 Å². The van der Waals surface area contributed by atoms with Crippen molar-refractivity contribution in [1.29, 1.82) is 0 Å². The molecule has 0 aliphatic heterocycles. The van der Waals surface area contributed by atoms with E-state index in [0.717, 1.165) is 23.5 Å². The molecule has 1 heterocycles. The zero-order chi connectivity index (χ0) is 19.9. The third-order valence-corrected chi connectivity index (χ3v) is 4.55. The van der Waals surface area contributed by atoms with Crippen LogP contribution in [-0.4, -0.2) is 24.2 Å². The number of nitrogens with zero attached hydrogens (tertiary/aromatic N) is 2. The van der Waals surface area contributed by atoms with E-state index in [-0.39, 0.29) is 0 Å². The Bertz CT molecular complexity index is 944. The molecule has 0 aliphatic rings. The van der Waals surface area contributed by atoms with Gasteiger partial charge in [-0.2, -0.15) is 4.98 Å². The van der Waals surface area contributed by atoms with Crippen LogP contribution in [0.5, 0.6) is 11.5 Å². The van der Waals surface area contributed by atoms with Crippen LogP contribution in [0, 0.1) is 6.92 Å². The van der Waals surface area contributed by atoms with Gasteiger partial charge in [0.05, 0.1) is 14.2 Å². The first-order valence-electron chi connectivity index (χ1n) is 9.28. The minimum Gasteiger partial charge on any atom is -0.493 e. The summed E-state index contributed by atoms with van der Waals surface area (Å²) in [6.45, 7) is 4.84. The van der Waals surface area contributed by atoms with Crippen LogP contribution in [0.3, 0.4) is 0 Å². The molecule has 0 unspecified atom stereocenters. The Morgan fingerprint density at radius 3 is 2.57 bits per heavy atom. The molecule has 3 aromatic rings. The highest BCUT2D eigenvalue weighted by Gasteiger charge is 2.08. The molecular weight excluding hydrogens is 352 g/mol. The van der Waals surface area contributed by atoms with Gasteiger partial charge in [0.2, 0.25) is 5.95 Å². The van der Waals surface area contributed by atoms with Gasteiger partial charge in [-0.3, -0.25) is 0 Å². The molecule has 2 N–H and O–H groups in total. The monoisotopic (exact) mass is 378 g/mol. The van der Waals surface area contributed by atoms with E-state index in [2.05, 4.69) is 52.6 Å². The molecule has 0 saturated heterocycles. The lowest BCUT2D eigenvalue weighted by molar-refractivity contribution is 0.354. The Labute approximate surface area is 166 Å². The van der Waals surface area contributed by atoms with E-state index >= 15 is 0 Å². The fraction of sp³-hybridized carbons (Fsp3) is 0.273. The molecule has 3 rings (SSSR count). The maximum Gasteiger partial charge on any atom is 0.229 e. The minimum atomic E-state index is 0.571. The second-order valence-corrected chi connectivity index (χ2v) is 6.40. The van der Waals surface area contributed by atoms with Crippen molar-refractivity contribution in [2.24, 2.45) is 0 Å². The zero-order valence-corrected chi connectivity index (χ0v) is 16.7. The van der Waals surface area contributed by atoms with Crippen LogP contribution in [0.1, 0.15) is 23.6 Å². The van der Waals surface area contributed by atoms with E-state index in [4.69, 9.17) is 9.47 Å². The van der Waals surface area contributed by atoms with Gasteiger partial charge in [0.15, 0.2) is 11.5 Å². The van der Waals surface area contributed by atoms with E-state index in [1.165, 1.54) is 11.1 Å². The molecule has 0 aliphatic carbocycles. The number of hydrogen-bond acceptors (Lipinski definition) is 6. The van der Waals surface area contributed by atoms with Gasteiger partial charge in [0, 0.05) is 18.4 Å². The first kappa shape index (κ1) is 19.5. The van der Waals surface area contributed by atoms with Crippen LogP contribution in [0.2, 0.25) is 0 Å². The number of ether oxygens (including phenoxy) is 2. The topological polar surface area (TPSA) is 68.3 Å². The van der Waals surface area contributed by atoms with Crippen molar-refractivity contribution in [1.82, 2.24) is 9.97 Å².